The number of amides is 1. The van der Waals surface area contributed by atoms with E-state index in [4.69, 9.17) is 5.73 Å². The van der Waals surface area contributed by atoms with Gasteiger partial charge >= 0.3 is 0 Å². The number of aromatic nitrogens is 2. The van der Waals surface area contributed by atoms with Crippen LogP contribution in [0.1, 0.15) is 34.3 Å². The first-order valence-corrected chi connectivity index (χ1v) is 9.89. The number of likely N-dealkylation sites (tertiary alicyclic amines) is 1. The van der Waals surface area contributed by atoms with Gasteiger partial charge in [0, 0.05) is 12.3 Å². The summed E-state index contributed by atoms with van der Waals surface area (Å²) < 4.78 is 0. The van der Waals surface area contributed by atoms with Crippen molar-refractivity contribution < 1.29 is 4.79 Å². The van der Waals surface area contributed by atoms with Crippen molar-refractivity contribution in [2.24, 2.45) is 5.73 Å². The van der Waals surface area contributed by atoms with Crippen molar-refractivity contribution in [1.82, 2.24) is 14.9 Å². The molecule has 5 nitrogen and oxygen atoms in total. The van der Waals surface area contributed by atoms with E-state index in [0.29, 0.717) is 11.1 Å². The monoisotopic (exact) mass is 366 g/mol. The number of thioether (sulfide) groups is 1. The Balaban J connectivity index is 1.46. The van der Waals surface area contributed by atoms with Crippen molar-refractivity contribution in [2.75, 3.05) is 13.1 Å². The highest BCUT2D eigenvalue weighted by atomic mass is 32.2. The van der Waals surface area contributed by atoms with E-state index < -0.39 is 5.91 Å². The summed E-state index contributed by atoms with van der Waals surface area (Å²) in [6, 6.07) is 14.2. The molecule has 3 N–H and O–H groups in total. The molecule has 26 heavy (non-hydrogen) atoms. The van der Waals surface area contributed by atoms with Crippen molar-refractivity contribution in [3.05, 3.63) is 59.2 Å². The lowest BCUT2D eigenvalue weighted by molar-refractivity contribution is 0.100. The Morgan fingerprint density at radius 1 is 1.15 bits per heavy atom. The first-order chi connectivity index (χ1) is 12.7. The molecule has 1 fully saturated rings. The van der Waals surface area contributed by atoms with Gasteiger partial charge in [-0.25, -0.2) is 4.98 Å². The minimum atomic E-state index is -0.451. The maximum atomic E-state index is 11.5. The molecule has 6 heteroatoms. The maximum absolute atomic E-state index is 11.5. The van der Waals surface area contributed by atoms with E-state index in [9.17, 15) is 4.79 Å². The van der Waals surface area contributed by atoms with Crippen LogP contribution in [0.4, 0.5) is 0 Å². The van der Waals surface area contributed by atoms with Crippen LogP contribution in [0.2, 0.25) is 0 Å². The van der Waals surface area contributed by atoms with E-state index >= 15 is 0 Å². The van der Waals surface area contributed by atoms with Crippen LogP contribution in [0.3, 0.4) is 0 Å². The third-order valence-corrected chi connectivity index (χ3v) is 5.67. The third-order valence-electron chi connectivity index (χ3n) is 4.73. The Bertz CT molecular complexity index is 930. The zero-order valence-corrected chi connectivity index (χ0v) is 15.4. The number of aromatic amines is 1. The highest BCUT2D eigenvalue weighted by Crippen LogP contribution is 2.25. The lowest BCUT2D eigenvalue weighted by Gasteiger charge is -2.15. The summed E-state index contributed by atoms with van der Waals surface area (Å²) in [5.41, 5.74) is 10.0. The number of nitrogens with one attached hydrogen (secondary N) is 1. The molecule has 1 aromatic heterocycles. The van der Waals surface area contributed by atoms with Gasteiger partial charge in [-0.15, -0.1) is 0 Å². The second kappa shape index (κ2) is 7.51. The number of imidazole rings is 1. The van der Waals surface area contributed by atoms with E-state index in [1.54, 1.807) is 17.8 Å². The normalized spacial score (nSPS) is 14.9. The van der Waals surface area contributed by atoms with E-state index in [1.165, 1.54) is 37.1 Å². The predicted octanol–water partition coefficient (Wildman–Crippen LogP) is 3.55. The summed E-state index contributed by atoms with van der Waals surface area (Å²) in [4.78, 5) is 21.9. The number of rotatable bonds is 6. The van der Waals surface area contributed by atoms with Gasteiger partial charge in [-0.05, 0) is 49.2 Å². The summed E-state index contributed by atoms with van der Waals surface area (Å²) in [6.45, 7) is 3.45. The van der Waals surface area contributed by atoms with Crippen LogP contribution in [-0.4, -0.2) is 33.9 Å². The highest BCUT2D eigenvalue weighted by molar-refractivity contribution is 7.98. The van der Waals surface area contributed by atoms with Crippen molar-refractivity contribution >= 4 is 28.7 Å². The number of fused-ring (bicyclic) bond motifs is 1. The number of benzene rings is 2. The fourth-order valence-corrected chi connectivity index (χ4v) is 4.27. The van der Waals surface area contributed by atoms with Gasteiger partial charge in [0.25, 0.3) is 5.91 Å². The number of nitrogens with two attached hydrogens (primary N) is 1. The minimum absolute atomic E-state index is 0.451. The molecule has 2 heterocycles. The Kier molecular flexibility index (Phi) is 4.95. The molecule has 0 aliphatic carbocycles. The first kappa shape index (κ1) is 17.1. The van der Waals surface area contributed by atoms with Gasteiger partial charge in [0.05, 0.1) is 11.1 Å². The van der Waals surface area contributed by atoms with Crippen LogP contribution in [-0.2, 0) is 12.3 Å². The summed E-state index contributed by atoms with van der Waals surface area (Å²) >= 11 is 1.64. The smallest absolute Gasteiger partial charge is 0.250 e. The molecule has 0 unspecified atom stereocenters. The number of para-hydroxylation sites is 1. The largest absolute Gasteiger partial charge is 0.366 e. The number of hydrogen-bond acceptors (Lipinski definition) is 4. The quantitative estimate of drug-likeness (QED) is 0.654. The van der Waals surface area contributed by atoms with E-state index in [-0.39, 0.29) is 0 Å². The summed E-state index contributed by atoms with van der Waals surface area (Å²) in [6.07, 6.45) is 2.63. The Morgan fingerprint density at radius 3 is 2.73 bits per heavy atom. The van der Waals surface area contributed by atoms with Crippen molar-refractivity contribution in [3.8, 4) is 0 Å². The third kappa shape index (κ3) is 3.76. The van der Waals surface area contributed by atoms with Crippen LogP contribution in [0.5, 0.6) is 0 Å². The van der Waals surface area contributed by atoms with E-state index in [0.717, 1.165) is 23.0 Å². The molecule has 0 spiro atoms. The summed E-state index contributed by atoms with van der Waals surface area (Å²) in [5, 5.41) is 0.804. The zero-order chi connectivity index (χ0) is 17.9. The van der Waals surface area contributed by atoms with Gasteiger partial charge in [-0.2, -0.15) is 0 Å². The zero-order valence-electron chi connectivity index (χ0n) is 14.6. The SMILES string of the molecule is NC(=O)c1cccc2[nH]c(SCc3cccc(CN4CCCC4)c3)nc12. The molecule has 2 aromatic carbocycles. The van der Waals surface area contributed by atoms with Crippen LogP contribution < -0.4 is 5.73 Å². The lowest BCUT2D eigenvalue weighted by atomic mass is 10.1. The second-order valence-electron chi connectivity index (χ2n) is 6.70. The molecule has 1 aliphatic heterocycles. The number of nitrogens with zero attached hydrogens (tertiary/aromatic N) is 2. The molecule has 3 aromatic rings. The Labute approximate surface area is 157 Å². The molecule has 0 atom stereocenters. The van der Waals surface area contributed by atoms with Gasteiger partial charge in [-0.3, -0.25) is 9.69 Å². The topological polar surface area (TPSA) is 75.0 Å². The van der Waals surface area contributed by atoms with Crippen LogP contribution in [0.15, 0.2) is 47.6 Å². The molecule has 1 aliphatic rings. The van der Waals surface area contributed by atoms with Gasteiger partial charge in [0.2, 0.25) is 0 Å². The summed E-state index contributed by atoms with van der Waals surface area (Å²) in [5.74, 6) is 0.382. The van der Waals surface area contributed by atoms with Crippen LogP contribution in [0, 0.1) is 0 Å². The molecule has 4 rings (SSSR count). The van der Waals surface area contributed by atoms with Crippen LogP contribution in [0.25, 0.3) is 11.0 Å². The second-order valence-corrected chi connectivity index (χ2v) is 7.66. The minimum Gasteiger partial charge on any atom is -0.366 e. The predicted molar refractivity (Wildman–Crippen MR) is 105 cm³/mol. The van der Waals surface area contributed by atoms with Crippen molar-refractivity contribution in [2.45, 2.75) is 30.3 Å². The van der Waals surface area contributed by atoms with E-state index in [2.05, 4.69) is 39.1 Å². The Hall–Kier alpha value is -2.31. The number of hydrogen-bond donors (Lipinski definition) is 2. The standard InChI is InChI=1S/C20H22N4OS/c21-19(25)16-7-4-8-17-18(16)23-20(22-17)26-13-15-6-3-5-14(11-15)12-24-9-1-2-10-24/h3-8,11H,1-2,9-10,12-13H2,(H2,21,25)(H,22,23). The van der Waals surface area contributed by atoms with Crippen molar-refractivity contribution in [1.29, 1.82) is 0 Å². The van der Waals surface area contributed by atoms with Crippen LogP contribution >= 0.6 is 11.8 Å². The highest BCUT2D eigenvalue weighted by Gasteiger charge is 2.13. The average Bonchev–Trinajstić information content (AvgIpc) is 3.29. The molecule has 0 saturated carbocycles. The number of primary amides is 1. The average molecular weight is 366 g/mol. The number of carbonyl (C=O) groups is 1. The fourth-order valence-electron chi connectivity index (χ4n) is 3.45. The molecular formula is C20H22N4OS. The lowest BCUT2D eigenvalue weighted by Crippen LogP contribution is -2.18. The molecule has 134 valence electrons. The van der Waals surface area contributed by atoms with Gasteiger partial charge < -0.3 is 10.7 Å². The van der Waals surface area contributed by atoms with Gasteiger partial charge in [0.1, 0.15) is 5.52 Å². The van der Waals surface area contributed by atoms with Gasteiger partial charge in [-0.1, -0.05) is 42.1 Å². The molecule has 1 saturated heterocycles. The molecule has 0 bridgehead atoms. The molecule has 0 radical (unpaired) electrons. The maximum Gasteiger partial charge on any atom is 0.250 e. The molecular weight excluding hydrogens is 344 g/mol. The first-order valence-electron chi connectivity index (χ1n) is 8.90. The summed E-state index contributed by atoms with van der Waals surface area (Å²) in [7, 11) is 0. The van der Waals surface area contributed by atoms with Crippen molar-refractivity contribution in [3.63, 3.8) is 0 Å². The molecule has 1 amide bonds. The van der Waals surface area contributed by atoms with Gasteiger partial charge in [0.15, 0.2) is 5.16 Å². The number of H-pyrrole nitrogens is 1. The Morgan fingerprint density at radius 2 is 1.92 bits per heavy atom. The fraction of sp³-hybridized carbons (Fsp3) is 0.300. The van der Waals surface area contributed by atoms with E-state index in [1.807, 2.05) is 12.1 Å². The number of carbonyl (C=O) groups excluding carboxylic acids is 1.